The molecule has 0 unspecified atom stereocenters. The van der Waals surface area contributed by atoms with Gasteiger partial charge in [-0.2, -0.15) is 4.52 Å². The molecule has 0 bridgehead atoms. The monoisotopic (exact) mass is 416 g/mol. The van der Waals surface area contributed by atoms with Gasteiger partial charge in [0.25, 0.3) is 0 Å². The van der Waals surface area contributed by atoms with Crippen LogP contribution in [0.1, 0.15) is 24.7 Å². The highest BCUT2D eigenvalue weighted by molar-refractivity contribution is 5.90. The minimum atomic E-state index is -0.0979. The number of nitrogens with one attached hydrogen (secondary N) is 2. The van der Waals surface area contributed by atoms with E-state index >= 15 is 0 Å². The van der Waals surface area contributed by atoms with Gasteiger partial charge in [-0.1, -0.05) is 30.3 Å². The summed E-state index contributed by atoms with van der Waals surface area (Å²) in [5, 5.41) is 19.1. The molecule has 0 saturated heterocycles. The number of nitrogens with zero attached hydrogens (tertiary/aromatic N) is 4. The van der Waals surface area contributed by atoms with Crippen molar-refractivity contribution in [1.29, 1.82) is 0 Å². The van der Waals surface area contributed by atoms with Crippen LogP contribution in [-0.4, -0.2) is 32.3 Å². The SMILES string of the molecule is CCOc1ccc(NC(=O)CCc2nnc3ccc(NCc4ccccc4)nn23)cc1. The highest BCUT2D eigenvalue weighted by Gasteiger charge is 2.11. The predicted octanol–water partition coefficient (Wildman–Crippen LogP) is 3.71. The van der Waals surface area contributed by atoms with Crippen molar-refractivity contribution in [2.45, 2.75) is 26.3 Å². The summed E-state index contributed by atoms with van der Waals surface area (Å²) in [5.74, 6) is 2.04. The van der Waals surface area contributed by atoms with Crippen LogP contribution in [0.15, 0.2) is 66.7 Å². The summed E-state index contributed by atoms with van der Waals surface area (Å²) in [6, 6.07) is 21.1. The zero-order valence-electron chi connectivity index (χ0n) is 17.3. The minimum Gasteiger partial charge on any atom is -0.494 e. The molecule has 0 aliphatic rings. The van der Waals surface area contributed by atoms with E-state index in [2.05, 4.69) is 38.1 Å². The van der Waals surface area contributed by atoms with Crippen molar-refractivity contribution in [3.63, 3.8) is 0 Å². The summed E-state index contributed by atoms with van der Waals surface area (Å²) in [4.78, 5) is 12.3. The summed E-state index contributed by atoms with van der Waals surface area (Å²) in [6.07, 6.45) is 0.705. The zero-order chi connectivity index (χ0) is 21.5. The molecule has 8 nitrogen and oxygen atoms in total. The van der Waals surface area contributed by atoms with Gasteiger partial charge >= 0.3 is 0 Å². The first-order valence-corrected chi connectivity index (χ1v) is 10.2. The van der Waals surface area contributed by atoms with Gasteiger partial charge in [0.15, 0.2) is 11.5 Å². The number of benzene rings is 2. The Bertz CT molecular complexity index is 1140. The number of aryl methyl sites for hydroxylation is 1. The third kappa shape index (κ3) is 5.36. The quantitative estimate of drug-likeness (QED) is 0.432. The fourth-order valence-corrected chi connectivity index (χ4v) is 3.12. The molecule has 0 fully saturated rings. The van der Waals surface area contributed by atoms with Crippen molar-refractivity contribution in [2.75, 3.05) is 17.2 Å². The number of aromatic nitrogens is 4. The van der Waals surface area contributed by atoms with E-state index in [-0.39, 0.29) is 12.3 Å². The number of rotatable bonds is 9. The van der Waals surface area contributed by atoms with E-state index in [0.717, 1.165) is 17.3 Å². The molecule has 158 valence electrons. The fourth-order valence-electron chi connectivity index (χ4n) is 3.12. The van der Waals surface area contributed by atoms with Crippen molar-refractivity contribution >= 4 is 23.1 Å². The third-order valence-electron chi connectivity index (χ3n) is 4.67. The maximum atomic E-state index is 12.3. The Morgan fingerprint density at radius 2 is 1.81 bits per heavy atom. The molecule has 0 atom stereocenters. The standard InChI is InChI=1S/C23H24N6O2/c1-2-31-19-10-8-18(9-11-19)25-23(30)15-14-22-27-26-21-13-12-20(28-29(21)22)24-16-17-6-4-3-5-7-17/h3-13H,2,14-16H2,1H3,(H,24,28)(H,25,30). The molecule has 0 aliphatic carbocycles. The number of amides is 1. The summed E-state index contributed by atoms with van der Waals surface area (Å²) in [5.41, 5.74) is 2.54. The fraction of sp³-hybridized carbons (Fsp3) is 0.217. The van der Waals surface area contributed by atoms with Crippen LogP contribution in [-0.2, 0) is 17.8 Å². The Morgan fingerprint density at radius 1 is 1.00 bits per heavy atom. The molecule has 2 heterocycles. The van der Waals surface area contributed by atoms with Gasteiger partial charge in [0, 0.05) is 25.1 Å². The average molecular weight is 416 g/mol. The van der Waals surface area contributed by atoms with Crippen LogP contribution in [0.4, 0.5) is 11.5 Å². The molecule has 2 aromatic heterocycles. The van der Waals surface area contributed by atoms with E-state index in [1.54, 1.807) is 4.52 Å². The van der Waals surface area contributed by atoms with Crippen molar-refractivity contribution in [3.05, 3.63) is 78.1 Å². The molecule has 0 saturated carbocycles. The zero-order valence-corrected chi connectivity index (χ0v) is 17.3. The first kappa shape index (κ1) is 20.3. The summed E-state index contributed by atoms with van der Waals surface area (Å²) in [7, 11) is 0. The number of hydrogen-bond donors (Lipinski definition) is 2. The van der Waals surface area contributed by atoms with Crippen molar-refractivity contribution in [2.24, 2.45) is 0 Å². The predicted molar refractivity (Wildman–Crippen MR) is 119 cm³/mol. The number of fused-ring (bicyclic) bond motifs is 1. The molecule has 0 spiro atoms. The van der Waals surface area contributed by atoms with Crippen molar-refractivity contribution in [3.8, 4) is 5.75 Å². The van der Waals surface area contributed by atoms with E-state index in [1.807, 2.05) is 61.5 Å². The highest BCUT2D eigenvalue weighted by Crippen LogP contribution is 2.16. The minimum absolute atomic E-state index is 0.0979. The van der Waals surface area contributed by atoms with Crippen LogP contribution in [0.5, 0.6) is 5.75 Å². The number of hydrogen-bond acceptors (Lipinski definition) is 6. The van der Waals surface area contributed by atoms with Gasteiger partial charge in [-0.3, -0.25) is 4.79 Å². The first-order chi connectivity index (χ1) is 15.2. The first-order valence-electron chi connectivity index (χ1n) is 10.2. The van der Waals surface area contributed by atoms with E-state index in [1.165, 1.54) is 5.56 Å². The smallest absolute Gasteiger partial charge is 0.224 e. The Hall–Kier alpha value is -3.94. The Balaban J connectivity index is 1.36. The molecule has 4 aromatic rings. The van der Waals surface area contributed by atoms with Crippen LogP contribution in [0.2, 0.25) is 0 Å². The van der Waals surface area contributed by atoms with E-state index in [0.29, 0.717) is 31.0 Å². The lowest BCUT2D eigenvalue weighted by atomic mass is 10.2. The molecule has 31 heavy (non-hydrogen) atoms. The third-order valence-corrected chi connectivity index (χ3v) is 4.67. The Kier molecular flexibility index (Phi) is 6.37. The van der Waals surface area contributed by atoms with E-state index in [4.69, 9.17) is 4.74 Å². The summed E-state index contributed by atoms with van der Waals surface area (Å²) < 4.78 is 7.09. The number of carbonyl (C=O) groups is 1. The van der Waals surface area contributed by atoms with Gasteiger partial charge < -0.3 is 15.4 Å². The number of anilines is 2. The van der Waals surface area contributed by atoms with Gasteiger partial charge in [-0.05, 0) is 48.9 Å². The maximum Gasteiger partial charge on any atom is 0.224 e. The lowest BCUT2D eigenvalue weighted by Gasteiger charge is -2.07. The van der Waals surface area contributed by atoms with E-state index < -0.39 is 0 Å². The lowest BCUT2D eigenvalue weighted by Crippen LogP contribution is -2.13. The molecule has 2 aromatic carbocycles. The molecule has 2 N–H and O–H groups in total. The van der Waals surface area contributed by atoms with E-state index in [9.17, 15) is 4.79 Å². The normalized spacial score (nSPS) is 10.7. The van der Waals surface area contributed by atoms with Crippen molar-refractivity contribution < 1.29 is 9.53 Å². The molecule has 4 rings (SSSR count). The molecule has 1 amide bonds. The Labute approximate surface area is 180 Å². The van der Waals surface area contributed by atoms with Gasteiger partial charge in [-0.15, -0.1) is 15.3 Å². The summed E-state index contributed by atoms with van der Waals surface area (Å²) >= 11 is 0. The van der Waals surface area contributed by atoms with Gasteiger partial charge in [0.2, 0.25) is 5.91 Å². The number of carbonyl (C=O) groups excluding carboxylic acids is 1. The van der Waals surface area contributed by atoms with Gasteiger partial charge in [0.05, 0.1) is 6.61 Å². The van der Waals surface area contributed by atoms with Gasteiger partial charge in [-0.25, -0.2) is 0 Å². The number of ether oxygens (including phenoxy) is 1. The lowest BCUT2D eigenvalue weighted by molar-refractivity contribution is -0.116. The van der Waals surface area contributed by atoms with Crippen LogP contribution >= 0.6 is 0 Å². The largest absolute Gasteiger partial charge is 0.494 e. The van der Waals surface area contributed by atoms with Gasteiger partial charge in [0.1, 0.15) is 11.6 Å². The average Bonchev–Trinajstić information content (AvgIpc) is 3.21. The second kappa shape index (κ2) is 9.71. The second-order valence-corrected chi connectivity index (χ2v) is 6.95. The maximum absolute atomic E-state index is 12.3. The Morgan fingerprint density at radius 3 is 2.58 bits per heavy atom. The summed E-state index contributed by atoms with van der Waals surface area (Å²) in [6.45, 7) is 3.21. The van der Waals surface area contributed by atoms with Crippen LogP contribution < -0.4 is 15.4 Å². The topological polar surface area (TPSA) is 93.4 Å². The van der Waals surface area contributed by atoms with Crippen molar-refractivity contribution in [1.82, 2.24) is 19.8 Å². The second-order valence-electron chi connectivity index (χ2n) is 6.95. The molecular weight excluding hydrogens is 392 g/mol. The molecular formula is C23H24N6O2. The highest BCUT2D eigenvalue weighted by atomic mass is 16.5. The van der Waals surface area contributed by atoms with Crippen LogP contribution in [0.25, 0.3) is 5.65 Å². The van der Waals surface area contributed by atoms with Crippen LogP contribution in [0, 0.1) is 0 Å². The van der Waals surface area contributed by atoms with Crippen LogP contribution in [0.3, 0.4) is 0 Å². The molecule has 0 aliphatic heterocycles. The molecule has 0 radical (unpaired) electrons. The molecule has 8 heteroatoms.